The monoisotopic (exact) mass is 480 g/mol. The second-order valence-corrected chi connectivity index (χ2v) is 8.21. The van der Waals surface area contributed by atoms with Crippen LogP contribution < -0.4 is 15.4 Å². The molecule has 0 bridgehead atoms. The van der Waals surface area contributed by atoms with Crippen LogP contribution in [0.4, 0.5) is 16.3 Å². The Bertz CT molecular complexity index is 1210. The maximum absolute atomic E-state index is 12.0. The van der Waals surface area contributed by atoms with E-state index in [1.54, 1.807) is 11.6 Å². The van der Waals surface area contributed by atoms with Gasteiger partial charge in [0.25, 0.3) is 0 Å². The van der Waals surface area contributed by atoms with E-state index < -0.39 is 24.0 Å². The molecule has 184 valence electrons. The fourth-order valence-electron chi connectivity index (χ4n) is 4.23. The number of alkyl carbamates (subject to hydrolysis) is 1. The van der Waals surface area contributed by atoms with Gasteiger partial charge >= 0.3 is 12.1 Å². The summed E-state index contributed by atoms with van der Waals surface area (Å²) in [6.07, 6.45) is 4.63. The number of carbonyl (C=O) groups excluding carboxylic acids is 1. The highest BCUT2D eigenvalue weighted by Gasteiger charge is 2.35. The van der Waals surface area contributed by atoms with Crippen LogP contribution in [0.1, 0.15) is 12.0 Å². The van der Waals surface area contributed by atoms with E-state index in [1.165, 1.54) is 12.4 Å². The summed E-state index contributed by atoms with van der Waals surface area (Å²) in [7, 11) is 1.61. The van der Waals surface area contributed by atoms with Gasteiger partial charge in [-0.15, -0.1) is 0 Å². The minimum atomic E-state index is -0.964. The minimum absolute atomic E-state index is 0.0678. The number of hydrogen-bond acceptors (Lipinski definition) is 8. The van der Waals surface area contributed by atoms with Gasteiger partial charge in [-0.05, 0) is 30.2 Å². The van der Waals surface area contributed by atoms with Crippen molar-refractivity contribution >= 4 is 29.1 Å². The number of rotatable bonds is 9. The van der Waals surface area contributed by atoms with Crippen LogP contribution >= 0.6 is 0 Å². The van der Waals surface area contributed by atoms with Crippen LogP contribution in [0, 0.1) is 5.92 Å². The molecule has 3 heterocycles. The maximum Gasteiger partial charge on any atom is 0.407 e. The summed E-state index contributed by atoms with van der Waals surface area (Å²) >= 11 is 0. The molecule has 11 nitrogen and oxygen atoms in total. The predicted octanol–water partition coefficient (Wildman–Crippen LogP) is 2.67. The van der Waals surface area contributed by atoms with Crippen LogP contribution in [0.25, 0.3) is 5.52 Å². The number of methoxy groups -OCH3 is 1. The molecule has 3 aromatic rings. The van der Waals surface area contributed by atoms with E-state index in [2.05, 4.69) is 32.2 Å². The summed E-state index contributed by atoms with van der Waals surface area (Å²) < 4.78 is 12.0. The Labute approximate surface area is 202 Å². The summed E-state index contributed by atoms with van der Waals surface area (Å²) in [6.45, 7) is 4.97. The summed E-state index contributed by atoms with van der Waals surface area (Å²) in [6, 6.07) is 8.97. The third-order valence-electron chi connectivity index (χ3n) is 5.91. The van der Waals surface area contributed by atoms with E-state index in [9.17, 15) is 14.7 Å². The minimum Gasteiger partial charge on any atom is -0.497 e. The first-order valence-electron chi connectivity index (χ1n) is 11.2. The highest BCUT2D eigenvalue weighted by Crippen LogP contribution is 2.27. The number of aliphatic carboxylic acids is 1. The molecule has 2 aromatic heterocycles. The zero-order valence-corrected chi connectivity index (χ0v) is 19.4. The average Bonchev–Trinajstić information content (AvgIpc) is 3.27. The van der Waals surface area contributed by atoms with E-state index in [4.69, 9.17) is 9.47 Å². The number of carbonyl (C=O) groups is 2. The third-order valence-corrected chi connectivity index (χ3v) is 5.91. The molecule has 0 aliphatic carbocycles. The molecule has 4 rings (SSSR count). The second kappa shape index (κ2) is 10.9. The standard InChI is InChI=1S/C24H28N6O5/c1-3-11-35-24(33)28-20-8-9-29(14-19(20)23(31)32)13-16-7-10-30-21(16)22(25-15-26-30)27-17-5-4-6-18(12-17)34-2/h3-7,10,12,15,19-20H,1,8-9,11,13-14H2,2H3,(H,28,33)(H,31,32)(H,25,26,27). The molecule has 1 saturated heterocycles. The Morgan fingerprint density at radius 2 is 2.20 bits per heavy atom. The summed E-state index contributed by atoms with van der Waals surface area (Å²) in [5.41, 5.74) is 2.57. The lowest BCUT2D eigenvalue weighted by Gasteiger charge is -2.36. The Hall–Kier alpha value is -4.12. The molecule has 1 amide bonds. The van der Waals surface area contributed by atoms with Gasteiger partial charge in [0.2, 0.25) is 0 Å². The number of benzene rings is 1. The summed E-state index contributed by atoms with van der Waals surface area (Å²) in [5.74, 6) is -0.376. The number of aromatic nitrogens is 3. The molecule has 1 aliphatic rings. The van der Waals surface area contributed by atoms with E-state index in [0.29, 0.717) is 25.3 Å². The first kappa shape index (κ1) is 24.0. The van der Waals surface area contributed by atoms with Crippen LogP contribution in [-0.4, -0.2) is 69.5 Å². The fourth-order valence-corrected chi connectivity index (χ4v) is 4.23. The Morgan fingerprint density at radius 3 is 2.97 bits per heavy atom. The van der Waals surface area contributed by atoms with Crippen molar-refractivity contribution in [3.63, 3.8) is 0 Å². The lowest BCUT2D eigenvalue weighted by molar-refractivity contribution is -0.144. The number of likely N-dealkylation sites (tertiary alicyclic amines) is 1. The van der Waals surface area contributed by atoms with E-state index >= 15 is 0 Å². The summed E-state index contributed by atoms with van der Waals surface area (Å²) in [5, 5.41) is 20.1. The van der Waals surface area contributed by atoms with Crippen molar-refractivity contribution < 1.29 is 24.2 Å². The van der Waals surface area contributed by atoms with E-state index in [-0.39, 0.29) is 13.2 Å². The number of amides is 1. The van der Waals surface area contributed by atoms with Crippen molar-refractivity contribution in [3.8, 4) is 5.75 Å². The molecule has 0 radical (unpaired) electrons. The number of carboxylic acids is 1. The lowest BCUT2D eigenvalue weighted by Crippen LogP contribution is -2.53. The summed E-state index contributed by atoms with van der Waals surface area (Å²) in [4.78, 5) is 30.4. The largest absolute Gasteiger partial charge is 0.497 e. The number of fused-ring (bicyclic) bond motifs is 1. The Balaban J connectivity index is 1.50. The van der Waals surface area contributed by atoms with E-state index in [1.807, 2.05) is 36.5 Å². The number of nitrogens with one attached hydrogen (secondary N) is 2. The number of piperidine rings is 1. The molecule has 1 fully saturated rings. The molecule has 0 saturated carbocycles. The van der Waals surface area contributed by atoms with Crippen LogP contribution in [0.5, 0.6) is 5.75 Å². The first-order valence-corrected chi connectivity index (χ1v) is 11.2. The molecule has 1 aromatic carbocycles. The number of carboxylic acid groups (broad SMARTS) is 1. The van der Waals surface area contributed by atoms with Crippen molar-refractivity contribution in [2.24, 2.45) is 5.92 Å². The van der Waals surface area contributed by atoms with Crippen LogP contribution in [0.15, 0.2) is 55.5 Å². The van der Waals surface area contributed by atoms with Crippen LogP contribution in [0.2, 0.25) is 0 Å². The van der Waals surface area contributed by atoms with Gasteiger partial charge in [0.15, 0.2) is 5.82 Å². The van der Waals surface area contributed by atoms with Crippen molar-refractivity contribution in [3.05, 3.63) is 61.1 Å². The molecule has 1 aliphatic heterocycles. The topological polar surface area (TPSA) is 130 Å². The molecule has 2 atom stereocenters. The second-order valence-electron chi connectivity index (χ2n) is 8.21. The zero-order valence-electron chi connectivity index (χ0n) is 19.4. The van der Waals surface area contributed by atoms with Gasteiger partial charge in [-0.25, -0.2) is 14.3 Å². The van der Waals surface area contributed by atoms with Gasteiger partial charge in [-0.1, -0.05) is 18.7 Å². The molecular formula is C24H28N6O5. The van der Waals surface area contributed by atoms with Gasteiger partial charge in [-0.3, -0.25) is 9.69 Å². The quantitative estimate of drug-likeness (QED) is 0.396. The van der Waals surface area contributed by atoms with Gasteiger partial charge in [0, 0.05) is 43.6 Å². The highest BCUT2D eigenvalue weighted by molar-refractivity contribution is 5.77. The predicted molar refractivity (Wildman–Crippen MR) is 129 cm³/mol. The SMILES string of the molecule is C=CCOC(=O)NC1CCN(Cc2ccn3ncnc(Nc4cccc(OC)c4)c23)CC1C(=O)O. The maximum atomic E-state index is 12.0. The fraction of sp³-hybridized carbons (Fsp3) is 0.333. The number of hydrogen-bond donors (Lipinski definition) is 3. The number of nitrogens with zero attached hydrogens (tertiary/aromatic N) is 4. The average molecular weight is 481 g/mol. The Morgan fingerprint density at radius 1 is 1.34 bits per heavy atom. The van der Waals surface area contributed by atoms with E-state index in [0.717, 1.165) is 22.5 Å². The third kappa shape index (κ3) is 5.69. The normalized spacial score (nSPS) is 18.1. The first-order chi connectivity index (χ1) is 17.0. The molecule has 35 heavy (non-hydrogen) atoms. The van der Waals surface area contributed by atoms with Crippen molar-refractivity contribution in [1.82, 2.24) is 24.8 Å². The molecular weight excluding hydrogens is 452 g/mol. The lowest BCUT2D eigenvalue weighted by atomic mass is 9.92. The Kier molecular flexibility index (Phi) is 7.46. The van der Waals surface area contributed by atoms with Gasteiger partial charge in [0.1, 0.15) is 24.2 Å². The zero-order chi connectivity index (χ0) is 24.8. The highest BCUT2D eigenvalue weighted by atomic mass is 16.5. The number of ether oxygens (including phenoxy) is 2. The van der Waals surface area contributed by atoms with Crippen molar-refractivity contribution in [1.29, 1.82) is 0 Å². The molecule has 0 spiro atoms. The molecule has 11 heteroatoms. The van der Waals surface area contributed by atoms with Crippen LogP contribution in [-0.2, 0) is 16.1 Å². The van der Waals surface area contributed by atoms with Crippen LogP contribution in [0.3, 0.4) is 0 Å². The van der Waals surface area contributed by atoms with Gasteiger partial charge < -0.3 is 25.2 Å². The van der Waals surface area contributed by atoms with Gasteiger partial charge in [-0.2, -0.15) is 5.10 Å². The van der Waals surface area contributed by atoms with Crippen molar-refractivity contribution in [2.75, 3.05) is 32.1 Å². The molecule has 2 unspecified atom stereocenters. The molecule has 3 N–H and O–H groups in total. The smallest absolute Gasteiger partial charge is 0.407 e. The van der Waals surface area contributed by atoms with Crippen molar-refractivity contribution in [2.45, 2.75) is 19.0 Å². The number of anilines is 2. The van der Waals surface area contributed by atoms with Gasteiger partial charge in [0.05, 0.1) is 13.0 Å².